The molecule has 1 aliphatic carbocycles. The van der Waals surface area contributed by atoms with E-state index in [4.69, 9.17) is 16.1 Å². The van der Waals surface area contributed by atoms with Crippen molar-refractivity contribution < 1.29 is 9.90 Å². The molecule has 0 bridgehead atoms. The van der Waals surface area contributed by atoms with Crippen LogP contribution in [0.2, 0.25) is 0 Å². The van der Waals surface area contributed by atoms with Gasteiger partial charge < -0.3 is 10.8 Å². The second-order valence-corrected chi connectivity index (χ2v) is 3.19. The van der Waals surface area contributed by atoms with E-state index in [1.165, 1.54) is 0 Å². The van der Waals surface area contributed by atoms with E-state index in [1.807, 2.05) is 0 Å². The fourth-order valence-corrected chi connectivity index (χ4v) is 1.76. The largest absolute Gasteiger partial charge is 0.480 e. The number of rotatable bonds is 2. The molecule has 1 aliphatic rings. The average Bonchev–Trinajstić information content (AvgIpc) is 2.49. The maximum absolute atomic E-state index is 10.5. The van der Waals surface area contributed by atoms with Crippen molar-refractivity contribution in [2.75, 3.05) is 0 Å². The smallest absolute Gasteiger partial charge is 0.320 e. The lowest BCUT2D eigenvalue weighted by molar-refractivity contribution is -0.140. The molecule has 66 valence electrons. The Kier molecular flexibility index (Phi) is 2.66. The van der Waals surface area contributed by atoms with E-state index in [2.05, 4.69) is 6.07 Å². The van der Waals surface area contributed by atoms with Gasteiger partial charge in [0.25, 0.3) is 0 Å². The molecule has 12 heavy (non-hydrogen) atoms. The zero-order valence-corrected chi connectivity index (χ0v) is 6.73. The number of hydrogen-bond acceptors (Lipinski definition) is 3. The standard InChI is InChI=1S/C8H12N2O2/c9-4-5-2-1-3-6(5)7(10)8(11)12/h5-7H,1-3,10H2,(H,11,12)/t5?,6?,7-/m1/s1. The van der Waals surface area contributed by atoms with Crippen LogP contribution in [-0.4, -0.2) is 17.1 Å². The van der Waals surface area contributed by atoms with E-state index in [9.17, 15) is 4.79 Å². The van der Waals surface area contributed by atoms with Crippen LogP contribution in [0.5, 0.6) is 0 Å². The second kappa shape index (κ2) is 3.55. The van der Waals surface area contributed by atoms with Gasteiger partial charge in [0.2, 0.25) is 0 Å². The Balaban J connectivity index is 2.62. The van der Waals surface area contributed by atoms with E-state index >= 15 is 0 Å². The molecule has 0 heterocycles. The summed E-state index contributed by atoms with van der Waals surface area (Å²) in [5.74, 6) is -1.30. The third kappa shape index (κ3) is 1.56. The number of nitriles is 1. The van der Waals surface area contributed by atoms with Gasteiger partial charge in [-0.3, -0.25) is 4.79 Å². The number of carboxylic acid groups (broad SMARTS) is 1. The van der Waals surface area contributed by atoms with Crippen LogP contribution in [0.4, 0.5) is 0 Å². The Morgan fingerprint density at radius 3 is 2.83 bits per heavy atom. The summed E-state index contributed by atoms with van der Waals surface area (Å²) in [7, 11) is 0. The van der Waals surface area contributed by atoms with Gasteiger partial charge in [-0.05, 0) is 12.8 Å². The third-order valence-corrected chi connectivity index (χ3v) is 2.48. The van der Waals surface area contributed by atoms with Gasteiger partial charge in [0.1, 0.15) is 6.04 Å². The zero-order valence-electron chi connectivity index (χ0n) is 6.73. The molecular weight excluding hydrogens is 156 g/mol. The first-order valence-electron chi connectivity index (χ1n) is 4.05. The summed E-state index contributed by atoms with van der Waals surface area (Å²) in [6.45, 7) is 0. The van der Waals surface area contributed by atoms with Gasteiger partial charge in [-0.1, -0.05) is 6.42 Å². The van der Waals surface area contributed by atoms with E-state index in [1.54, 1.807) is 0 Å². The Morgan fingerprint density at radius 2 is 2.33 bits per heavy atom. The van der Waals surface area contributed by atoms with Gasteiger partial charge >= 0.3 is 5.97 Å². The van der Waals surface area contributed by atoms with Crippen LogP contribution in [0.25, 0.3) is 0 Å². The molecule has 2 unspecified atom stereocenters. The monoisotopic (exact) mass is 168 g/mol. The Labute approximate surface area is 71.0 Å². The molecule has 4 heteroatoms. The van der Waals surface area contributed by atoms with Gasteiger partial charge in [0, 0.05) is 5.92 Å². The third-order valence-electron chi connectivity index (χ3n) is 2.48. The van der Waals surface area contributed by atoms with E-state index in [0.29, 0.717) is 0 Å². The highest BCUT2D eigenvalue weighted by atomic mass is 16.4. The molecular formula is C8H12N2O2. The number of nitrogens with zero attached hydrogens (tertiary/aromatic N) is 1. The molecule has 0 amide bonds. The molecule has 3 N–H and O–H groups in total. The molecule has 1 saturated carbocycles. The first-order valence-corrected chi connectivity index (χ1v) is 4.05. The maximum atomic E-state index is 10.5. The summed E-state index contributed by atoms with van der Waals surface area (Å²) >= 11 is 0. The first-order chi connectivity index (χ1) is 5.66. The van der Waals surface area contributed by atoms with E-state index < -0.39 is 12.0 Å². The van der Waals surface area contributed by atoms with Crippen LogP contribution in [0, 0.1) is 23.2 Å². The minimum Gasteiger partial charge on any atom is -0.480 e. The highest BCUT2D eigenvalue weighted by Gasteiger charge is 2.35. The van der Waals surface area contributed by atoms with Crippen LogP contribution in [-0.2, 0) is 4.79 Å². The molecule has 0 aromatic carbocycles. The van der Waals surface area contributed by atoms with Crippen LogP contribution in [0.1, 0.15) is 19.3 Å². The fourth-order valence-electron chi connectivity index (χ4n) is 1.76. The number of hydrogen-bond donors (Lipinski definition) is 2. The summed E-state index contributed by atoms with van der Waals surface area (Å²) in [4.78, 5) is 10.5. The van der Waals surface area contributed by atoms with Crippen LogP contribution in [0.15, 0.2) is 0 Å². The van der Waals surface area contributed by atoms with Crippen molar-refractivity contribution in [1.82, 2.24) is 0 Å². The van der Waals surface area contributed by atoms with Gasteiger partial charge in [-0.15, -0.1) is 0 Å². The maximum Gasteiger partial charge on any atom is 0.320 e. The molecule has 4 nitrogen and oxygen atoms in total. The van der Waals surface area contributed by atoms with Crippen molar-refractivity contribution in [2.24, 2.45) is 17.6 Å². The summed E-state index contributed by atoms with van der Waals surface area (Å²) < 4.78 is 0. The van der Waals surface area contributed by atoms with Crippen molar-refractivity contribution in [1.29, 1.82) is 5.26 Å². The van der Waals surface area contributed by atoms with Crippen molar-refractivity contribution in [3.63, 3.8) is 0 Å². The van der Waals surface area contributed by atoms with Crippen molar-refractivity contribution in [3.05, 3.63) is 0 Å². The number of carbonyl (C=O) groups is 1. The molecule has 0 radical (unpaired) electrons. The Hall–Kier alpha value is -1.08. The lowest BCUT2D eigenvalue weighted by atomic mass is 9.90. The van der Waals surface area contributed by atoms with Crippen molar-refractivity contribution in [3.8, 4) is 6.07 Å². The second-order valence-electron chi connectivity index (χ2n) is 3.19. The van der Waals surface area contributed by atoms with Gasteiger partial charge in [-0.2, -0.15) is 5.26 Å². The normalized spacial score (nSPS) is 31.0. The number of nitrogens with two attached hydrogens (primary N) is 1. The fraction of sp³-hybridized carbons (Fsp3) is 0.750. The number of aliphatic carboxylic acids is 1. The summed E-state index contributed by atoms with van der Waals surface area (Å²) in [6, 6.07) is 1.24. The molecule has 0 saturated heterocycles. The highest BCUT2D eigenvalue weighted by Crippen LogP contribution is 2.32. The molecule has 0 aromatic rings. The predicted molar refractivity (Wildman–Crippen MR) is 42.1 cm³/mol. The Morgan fingerprint density at radius 1 is 1.67 bits per heavy atom. The molecule has 3 atom stereocenters. The van der Waals surface area contributed by atoms with Crippen molar-refractivity contribution in [2.45, 2.75) is 25.3 Å². The van der Waals surface area contributed by atoms with Crippen LogP contribution < -0.4 is 5.73 Å². The van der Waals surface area contributed by atoms with Crippen molar-refractivity contribution >= 4 is 5.97 Å². The summed E-state index contributed by atoms with van der Waals surface area (Å²) in [5, 5.41) is 17.3. The molecule has 0 aromatic heterocycles. The predicted octanol–water partition coefficient (Wildman–Crippen LogP) is 0.338. The van der Waals surface area contributed by atoms with Gasteiger partial charge in [0.15, 0.2) is 0 Å². The van der Waals surface area contributed by atoms with E-state index in [-0.39, 0.29) is 11.8 Å². The van der Waals surface area contributed by atoms with Gasteiger partial charge in [0.05, 0.1) is 12.0 Å². The van der Waals surface area contributed by atoms with Gasteiger partial charge in [-0.25, -0.2) is 0 Å². The highest BCUT2D eigenvalue weighted by molar-refractivity contribution is 5.73. The summed E-state index contributed by atoms with van der Waals surface area (Å²) in [5.41, 5.74) is 5.44. The van der Waals surface area contributed by atoms with Crippen LogP contribution >= 0.6 is 0 Å². The topological polar surface area (TPSA) is 87.1 Å². The van der Waals surface area contributed by atoms with Crippen LogP contribution in [0.3, 0.4) is 0 Å². The molecule has 1 rings (SSSR count). The first kappa shape index (κ1) is 9.01. The summed E-state index contributed by atoms with van der Waals surface area (Å²) in [6.07, 6.45) is 2.48. The molecule has 0 spiro atoms. The average molecular weight is 168 g/mol. The lowest BCUT2D eigenvalue weighted by Crippen LogP contribution is -2.39. The van der Waals surface area contributed by atoms with E-state index in [0.717, 1.165) is 19.3 Å². The molecule has 1 fully saturated rings. The SMILES string of the molecule is N#CC1CCCC1[C@@H](N)C(=O)O. The lowest BCUT2D eigenvalue weighted by Gasteiger charge is -2.17. The molecule has 0 aliphatic heterocycles. The minimum absolute atomic E-state index is 0.146. The Bertz CT molecular complexity index is 222. The number of carboxylic acids is 1. The zero-order chi connectivity index (χ0) is 9.14. The minimum atomic E-state index is -0.998. The quantitative estimate of drug-likeness (QED) is 0.622.